The van der Waals surface area contributed by atoms with Crippen molar-refractivity contribution in [2.75, 3.05) is 6.61 Å². The quantitative estimate of drug-likeness (QED) is 0.650. The van der Waals surface area contributed by atoms with Crippen molar-refractivity contribution in [3.8, 4) is 0 Å². The van der Waals surface area contributed by atoms with E-state index in [1.54, 1.807) is 6.92 Å². The van der Waals surface area contributed by atoms with Crippen LogP contribution >= 0.6 is 0 Å². The Morgan fingerprint density at radius 3 is 2.85 bits per heavy atom. The standard InChI is InChI=1S/C9H15NO3/c1-3-13-8(11)5-7-4-6(2)10-9(7)12/h6-7H,3-5H2,1-2H3,(H,10,12). The fourth-order valence-corrected chi connectivity index (χ4v) is 1.55. The lowest BCUT2D eigenvalue weighted by atomic mass is 10.0. The Morgan fingerprint density at radius 2 is 2.38 bits per heavy atom. The molecule has 0 aromatic heterocycles. The van der Waals surface area contributed by atoms with Crippen molar-refractivity contribution >= 4 is 11.9 Å². The molecule has 74 valence electrons. The van der Waals surface area contributed by atoms with Crippen LogP contribution in [0.25, 0.3) is 0 Å². The van der Waals surface area contributed by atoms with Gasteiger partial charge in [-0.1, -0.05) is 0 Å². The van der Waals surface area contributed by atoms with Crippen LogP contribution in [-0.2, 0) is 14.3 Å². The maximum Gasteiger partial charge on any atom is 0.306 e. The molecule has 0 aromatic rings. The largest absolute Gasteiger partial charge is 0.466 e. The third-order valence-electron chi connectivity index (χ3n) is 2.12. The second-order valence-electron chi connectivity index (χ2n) is 3.35. The minimum Gasteiger partial charge on any atom is -0.466 e. The highest BCUT2D eigenvalue weighted by Gasteiger charge is 2.31. The summed E-state index contributed by atoms with van der Waals surface area (Å²) in [6, 6.07) is 0.187. The van der Waals surface area contributed by atoms with Gasteiger partial charge >= 0.3 is 5.97 Å². The van der Waals surface area contributed by atoms with E-state index in [1.165, 1.54) is 0 Å². The van der Waals surface area contributed by atoms with Crippen LogP contribution in [0.2, 0.25) is 0 Å². The Balaban J connectivity index is 2.37. The topological polar surface area (TPSA) is 55.4 Å². The monoisotopic (exact) mass is 185 g/mol. The van der Waals surface area contributed by atoms with Gasteiger partial charge in [-0.05, 0) is 20.3 Å². The molecule has 0 aromatic carbocycles. The lowest BCUT2D eigenvalue weighted by Gasteiger charge is -2.05. The van der Waals surface area contributed by atoms with Crippen molar-refractivity contribution in [2.45, 2.75) is 32.7 Å². The van der Waals surface area contributed by atoms with Crippen LogP contribution in [0.15, 0.2) is 0 Å². The average Bonchev–Trinajstić information content (AvgIpc) is 2.30. The lowest BCUT2D eigenvalue weighted by Crippen LogP contribution is -2.24. The third-order valence-corrected chi connectivity index (χ3v) is 2.12. The zero-order valence-corrected chi connectivity index (χ0v) is 8.00. The van der Waals surface area contributed by atoms with E-state index in [2.05, 4.69) is 5.32 Å². The minimum atomic E-state index is -0.281. The Hall–Kier alpha value is -1.06. The molecule has 13 heavy (non-hydrogen) atoms. The molecule has 1 saturated heterocycles. The normalized spacial score (nSPS) is 27.1. The molecule has 4 heteroatoms. The summed E-state index contributed by atoms with van der Waals surface area (Å²) in [6.07, 6.45) is 0.946. The predicted octanol–water partition coefficient (Wildman–Crippen LogP) is 0.464. The van der Waals surface area contributed by atoms with E-state index >= 15 is 0 Å². The van der Waals surface area contributed by atoms with Crippen molar-refractivity contribution in [1.29, 1.82) is 0 Å². The molecule has 0 bridgehead atoms. The van der Waals surface area contributed by atoms with Gasteiger partial charge in [0.2, 0.25) is 5.91 Å². The van der Waals surface area contributed by atoms with Gasteiger partial charge in [-0.15, -0.1) is 0 Å². The summed E-state index contributed by atoms with van der Waals surface area (Å²) in [5.74, 6) is -0.494. The van der Waals surface area contributed by atoms with Gasteiger partial charge in [-0.2, -0.15) is 0 Å². The summed E-state index contributed by atoms with van der Waals surface area (Å²) in [7, 11) is 0. The fourth-order valence-electron chi connectivity index (χ4n) is 1.55. The summed E-state index contributed by atoms with van der Waals surface area (Å²) in [4.78, 5) is 22.3. The molecule has 2 atom stereocenters. The molecule has 0 spiro atoms. The molecule has 0 radical (unpaired) electrons. The second-order valence-corrected chi connectivity index (χ2v) is 3.35. The summed E-state index contributed by atoms with van der Waals surface area (Å²) >= 11 is 0. The molecule has 0 aliphatic carbocycles. The second kappa shape index (κ2) is 4.25. The van der Waals surface area contributed by atoms with Crippen molar-refractivity contribution < 1.29 is 14.3 Å². The predicted molar refractivity (Wildman–Crippen MR) is 47.0 cm³/mol. The molecule has 4 nitrogen and oxygen atoms in total. The SMILES string of the molecule is CCOC(=O)CC1CC(C)NC1=O. The highest BCUT2D eigenvalue weighted by molar-refractivity contribution is 5.85. The summed E-state index contributed by atoms with van der Waals surface area (Å²) in [5, 5.41) is 2.77. The van der Waals surface area contributed by atoms with Crippen LogP contribution in [0.1, 0.15) is 26.7 Å². The first-order valence-corrected chi connectivity index (χ1v) is 4.59. The number of rotatable bonds is 3. The summed E-state index contributed by atoms with van der Waals surface area (Å²) in [6.45, 7) is 4.07. The van der Waals surface area contributed by atoms with Crippen molar-refractivity contribution in [3.63, 3.8) is 0 Å². The molecule has 1 aliphatic heterocycles. The van der Waals surface area contributed by atoms with Crippen LogP contribution in [-0.4, -0.2) is 24.5 Å². The number of hydrogen-bond acceptors (Lipinski definition) is 3. The first-order chi connectivity index (χ1) is 6.13. The van der Waals surface area contributed by atoms with Gasteiger partial charge in [0, 0.05) is 6.04 Å². The number of carbonyl (C=O) groups excluding carboxylic acids is 2. The number of ether oxygens (including phenoxy) is 1. The van der Waals surface area contributed by atoms with E-state index in [4.69, 9.17) is 4.74 Å². The van der Waals surface area contributed by atoms with E-state index in [9.17, 15) is 9.59 Å². The van der Waals surface area contributed by atoms with E-state index in [-0.39, 0.29) is 30.3 Å². The molecule has 0 saturated carbocycles. The molecule has 1 fully saturated rings. The van der Waals surface area contributed by atoms with Gasteiger partial charge in [0.25, 0.3) is 0 Å². The van der Waals surface area contributed by atoms with E-state index < -0.39 is 0 Å². The highest BCUT2D eigenvalue weighted by atomic mass is 16.5. The van der Waals surface area contributed by atoms with Crippen LogP contribution in [0, 0.1) is 5.92 Å². The number of esters is 1. The van der Waals surface area contributed by atoms with Crippen LogP contribution in [0.4, 0.5) is 0 Å². The van der Waals surface area contributed by atoms with Crippen molar-refractivity contribution in [1.82, 2.24) is 5.32 Å². The van der Waals surface area contributed by atoms with Crippen molar-refractivity contribution in [3.05, 3.63) is 0 Å². The first-order valence-electron chi connectivity index (χ1n) is 4.59. The molecule has 2 unspecified atom stereocenters. The first kappa shape index (κ1) is 10.0. The number of amides is 1. The van der Waals surface area contributed by atoms with Gasteiger partial charge in [0.05, 0.1) is 18.9 Å². The fraction of sp³-hybridized carbons (Fsp3) is 0.778. The molecular formula is C9H15NO3. The van der Waals surface area contributed by atoms with E-state index in [0.717, 1.165) is 6.42 Å². The van der Waals surface area contributed by atoms with E-state index in [0.29, 0.717) is 6.61 Å². The summed E-state index contributed by atoms with van der Waals surface area (Å²) < 4.78 is 4.77. The zero-order valence-electron chi connectivity index (χ0n) is 8.00. The zero-order chi connectivity index (χ0) is 9.84. The van der Waals surface area contributed by atoms with Crippen LogP contribution < -0.4 is 5.32 Å². The number of carbonyl (C=O) groups is 2. The number of hydrogen-bond donors (Lipinski definition) is 1. The highest BCUT2D eigenvalue weighted by Crippen LogP contribution is 2.18. The average molecular weight is 185 g/mol. The Morgan fingerprint density at radius 1 is 1.69 bits per heavy atom. The Bertz CT molecular complexity index is 215. The Kier molecular flexibility index (Phi) is 3.28. The van der Waals surface area contributed by atoms with Gasteiger partial charge < -0.3 is 10.1 Å². The van der Waals surface area contributed by atoms with Gasteiger partial charge in [-0.25, -0.2) is 0 Å². The third kappa shape index (κ3) is 2.72. The van der Waals surface area contributed by atoms with Crippen molar-refractivity contribution in [2.24, 2.45) is 5.92 Å². The molecule has 1 rings (SSSR count). The molecule has 1 aliphatic rings. The number of nitrogens with one attached hydrogen (secondary N) is 1. The van der Waals surface area contributed by atoms with Gasteiger partial charge in [-0.3, -0.25) is 9.59 Å². The molecule has 1 amide bonds. The molecular weight excluding hydrogens is 170 g/mol. The van der Waals surface area contributed by atoms with Gasteiger partial charge in [0.1, 0.15) is 0 Å². The van der Waals surface area contributed by atoms with Crippen LogP contribution in [0.3, 0.4) is 0 Å². The maximum absolute atomic E-state index is 11.2. The lowest BCUT2D eigenvalue weighted by molar-refractivity contribution is -0.145. The smallest absolute Gasteiger partial charge is 0.306 e. The molecule has 1 heterocycles. The van der Waals surface area contributed by atoms with Gasteiger partial charge in [0.15, 0.2) is 0 Å². The van der Waals surface area contributed by atoms with E-state index in [1.807, 2.05) is 6.92 Å². The minimum absolute atomic E-state index is 0.0273. The van der Waals surface area contributed by atoms with Crippen LogP contribution in [0.5, 0.6) is 0 Å². The summed E-state index contributed by atoms with van der Waals surface area (Å²) in [5.41, 5.74) is 0. The maximum atomic E-state index is 11.2. The Labute approximate surface area is 77.6 Å². The molecule has 1 N–H and O–H groups in total.